The molecule has 2 aliphatic carbocycles. The lowest BCUT2D eigenvalue weighted by Gasteiger charge is -2.36. The van der Waals surface area contributed by atoms with E-state index in [1.165, 1.54) is 29.2 Å². The molecular weight excluding hydrogens is 722 g/mol. The van der Waals surface area contributed by atoms with Gasteiger partial charge in [-0.3, -0.25) is 24.0 Å². The van der Waals surface area contributed by atoms with Crippen LogP contribution in [0.1, 0.15) is 70.1 Å². The zero-order valence-corrected chi connectivity index (χ0v) is 30.4. The van der Waals surface area contributed by atoms with E-state index in [1.54, 1.807) is 39.8 Å². The second kappa shape index (κ2) is 13.6. The van der Waals surface area contributed by atoms with Gasteiger partial charge in [0, 0.05) is 30.6 Å². The Labute approximate surface area is 304 Å². The highest BCUT2D eigenvalue weighted by Crippen LogP contribution is 2.44. The number of alkyl halides is 3. The number of nitrogens with zero attached hydrogens (tertiary/aromatic N) is 2. The molecule has 4 aliphatic rings. The highest BCUT2D eigenvalue weighted by Gasteiger charge is 2.59. The van der Waals surface area contributed by atoms with Gasteiger partial charge >= 0.3 is 12.3 Å². The molecule has 17 heteroatoms. The van der Waals surface area contributed by atoms with Crippen LogP contribution in [0.25, 0.3) is 0 Å². The third-order valence-corrected chi connectivity index (χ3v) is 11.9. The largest absolute Gasteiger partial charge is 0.444 e. The van der Waals surface area contributed by atoms with E-state index in [0.717, 1.165) is 17.0 Å². The maximum absolute atomic E-state index is 14.5. The number of anilines is 1. The summed E-state index contributed by atoms with van der Waals surface area (Å²) in [5.41, 5.74) is -2.16. The number of rotatable bonds is 9. The molecule has 2 heterocycles. The monoisotopic (exact) mass is 763 g/mol. The van der Waals surface area contributed by atoms with Crippen LogP contribution in [-0.2, 0) is 48.4 Å². The Morgan fingerprint density at radius 1 is 1.04 bits per heavy atom. The number of likely N-dealkylation sites (tertiary alicyclic amines) is 1. The summed E-state index contributed by atoms with van der Waals surface area (Å²) in [6.45, 7) is 6.41. The van der Waals surface area contributed by atoms with Crippen molar-refractivity contribution in [2.75, 3.05) is 11.9 Å². The third kappa shape index (κ3) is 7.85. The van der Waals surface area contributed by atoms with E-state index in [4.69, 9.17) is 4.74 Å². The van der Waals surface area contributed by atoms with E-state index in [0.29, 0.717) is 29.5 Å². The number of carbonyl (C=O) groups excluding carboxylic acids is 4. The SMILES string of the molecule is C/C=C1/C[C@]1(NC(=O)[C@@H]1C[C@@H](OC(=O)N2Cc3cccc(F)c3C2)CN1C(=O)[C@@H](Nc1cccc(C(F)(F)F)c1)C(C)(C)C)C(=O)NS(=O)(=O)C1CC1. The van der Waals surface area contributed by atoms with Gasteiger partial charge in [-0.05, 0) is 60.6 Å². The first-order valence-corrected chi connectivity index (χ1v) is 18.8. The summed E-state index contributed by atoms with van der Waals surface area (Å²) in [6, 6.07) is 6.29. The van der Waals surface area contributed by atoms with Gasteiger partial charge in [0.25, 0.3) is 5.91 Å². The number of hydrogen-bond donors (Lipinski definition) is 3. The lowest BCUT2D eigenvalue weighted by molar-refractivity contribution is -0.141. The molecule has 0 unspecified atom stereocenters. The summed E-state index contributed by atoms with van der Waals surface area (Å²) >= 11 is 0. The third-order valence-electron chi connectivity index (χ3n) is 10.1. The normalized spacial score (nSPS) is 24.0. The van der Waals surface area contributed by atoms with Gasteiger partial charge in [-0.25, -0.2) is 17.6 Å². The summed E-state index contributed by atoms with van der Waals surface area (Å²) in [4.78, 5) is 57.8. The van der Waals surface area contributed by atoms with Crippen molar-refractivity contribution in [2.45, 2.75) is 102 Å². The molecule has 0 bridgehead atoms. The Kier molecular flexibility index (Phi) is 9.79. The van der Waals surface area contributed by atoms with Gasteiger partial charge in [-0.1, -0.05) is 45.0 Å². The molecule has 3 fully saturated rings. The molecule has 2 aromatic carbocycles. The minimum atomic E-state index is -4.65. The standard InChI is InChI=1S/C36H41F4N5O7S/c1-5-21-16-35(21,32(48)43-53(50,51)25-12-13-25)42-30(46)28-15-24(52-33(49)44-17-20-8-6-11-27(37)26(20)19-44)18-45(28)31(47)29(34(2,3)4)41-23-10-7-9-22(14-23)36(38,39)40/h5-11,14,24-25,28-29,41H,12-13,15-19H2,1-4H3,(H,42,46)(H,43,48)/b21-5-/t24-,28+,29-,35-/m1/s1. The summed E-state index contributed by atoms with van der Waals surface area (Å²) in [6.07, 6.45) is -4.32. The zero-order chi connectivity index (χ0) is 38.7. The van der Waals surface area contributed by atoms with Crippen molar-refractivity contribution in [3.05, 3.63) is 76.6 Å². The molecule has 0 aromatic heterocycles. The number of hydrogen-bond acceptors (Lipinski definition) is 8. The predicted octanol–water partition coefficient (Wildman–Crippen LogP) is 4.61. The van der Waals surface area contributed by atoms with E-state index < -0.39 is 85.8 Å². The maximum atomic E-state index is 14.5. The first-order chi connectivity index (χ1) is 24.7. The van der Waals surface area contributed by atoms with Crippen LogP contribution in [-0.4, -0.2) is 77.6 Å². The predicted molar refractivity (Wildman–Crippen MR) is 184 cm³/mol. The molecule has 3 N–H and O–H groups in total. The number of ether oxygens (including phenoxy) is 1. The van der Waals surface area contributed by atoms with Gasteiger partial charge in [0.2, 0.25) is 21.8 Å². The average molecular weight is 764 g/mol. The van der Waals surface area contributed by atoms with Crippen molar-refractivity contribution >= 4 is 39.5 Å². The smallest absolute Gasteiger partial charge is 0.416 e. The number of fused-ring (bicyclic) bond motifs is 1. The average Bonchev–Trinajstić information content (AvgIpc) is 3.97. The molecule has 0 spiro atoms. The van der Waals surface area contributed by atoms with Crippen LogP contribution < -0.4 is 15.4 Å². The van der Waals surface area contributed by atoms with Crippen LogP contribution in [0.3, 0.4) is 0 Å². The van der Waals surface area contributed by atoms with Gasteiger partial charge in [-0.15, -0.1) is 0 Å². The van der Waals surface area contributed by atoms with Gasteiger partial charge in [-0.2, -0.15) is 13.2 Å². The van der Waals surface area contributed by atoms with Crippen molar-refractivity contribution in [3.63, 3.8) is 0 Å². The Hall–Kier alpha value is -4.67. The molecule has 53 heavy (non-hydrogen) atoms. The van der Waals surface area contributed by atoms with Crippen molar-refractivity contribution in [2.24, 2.45) is 5.41 Å². The number of carbonyl (C=O) groups is 4. The van der Waals surface area contributed by atoms with Gasteiger partial charge in [0.1, 0.15) is 29.5 Å². The summed E-state index contributed by atoms with van der Waals surface area (Å²) in [5, 5.41) is 4.86. The molecule has 1 saturated heterocycles. The van der Waals surface area contributed by atoms with Crippen molar-refractivity contribution in [1.82, 2.24) is 19.8 Å². The zero-order valence-electron chi connectivity index (χ0n) is 29.6. The lowest BCUT2D eigenvalue weighted by atomic mass is 9.85. The molecule has 12 nitrogen and oxygen atoms in total. The fourth-order valence-corrected chi connectivity index (χ4v) is 8.19. The Morgan fingerprint density at radius 3 is 2.34 bits per heavy atom. The summed E-state index contributed by atoms with van der Waals surface area (Å²) in [7, 11) is -3.97. The lowest BCUT2D eigenvalue weighted by Crippen LogP contribution is -2.58. The molecule has 6 rings (SSSR count). The molecule has 4 amide bonds. The number of nitrogens with one attached hydrogen (secondary N) is 3. The van der Waals surface area contributed by atoms with Crippen LogP contribution in [0.15, 0.2) is 54.1 Å². The van der Waals surface area contributed by atoms with E-state index in [9.17, 15) is 45.2 Å². The first-order valence-electron chi connectivity index (χ1n) is 17.2. The topological polar surface area (TPSA) is 154 Å². The number of amides is 4. The van der Waals surface area contributed by atoms with E-state index in [-0.39, 0.29) is 38.2 Å². The number of sulfonamides is 1. The van der Waals surface area contributed by atoms with E-state index in [1.807, 2.05) is 0 Å². The molecule has 2 saturated carbocycles. The van der Waals surface area contributed by atoms with Crippen LogP contribution in [0.5, 0.6) is 0 Å². The second-order valence-electron chi connectivity index (χ2n) is 15.1. The minimum Gasteiger partial charge on any atom is -0.444 e. The fraction of sp³-hybridized carbons (Fsp3) is 0.500. The quantitative estimate of drug-likeness (QED) is 0.248. The highest BCUT2D eigenvalue weighted by molar-refractivity contribution is 7.91. The molecule has 4 atom stereocenters. The minimum absolute atomic E-state index is 0.000286. The van der Waals surface area contributed by atoms with Crippen LogP contribution in [0.2, 0.25) is 0 Å². The number of benzene rings is 2. The molecule has 0 radical (unpaired) electrons. The van der Waals surface area contributed by atoms with Gasteiger partial charge in [0.15, 0.2) is 0 Å². The van der Waals surface area contributed by atoms with Crippen LogP contribution in [0.4, 0.5) is 28.0 Å². The van der Waals surface area contributed by atoms with Crippen molar-refractivity contribution in [3.8, 4) is 0 Å². The number of allylic oxidation sites excluding steroid dienone is 1. The van der Waals surface area contributed by atoms with E-state index >= 15 is 0 Å². The Balaban J connectivity index is 1.26. The van der Waals surface area contributed by atoms with Crippen LogP contribution >= 0.6 is 0 Å². The van der Waals surface area contributed by atoms with Gasteiger partial charge < -0.3 is 20.3 Å². The number of halogens is 4. The van der Waals surface area contributed by atoms with Crippen molar-refractivity contribution in [1.29, 1.82) is 0 Å². The van der Waals surface area contributed by atoms with Crippen molar-refractivity contribution < 1.29 is 49.9 Å². The Bertz CT molecular complexity index is 1980. The fourth-order valence-electron chi connectivity index (χ4n) is 6.84. The maximum Gasteiger partial charge on any atom is 0.416 e. The molecule has 2 aromatic rings. The second-order valence-corrected chi connectivity index (χ2v) is 17.0. The first kappa shape index (κ1) is 38.1. The molecular formula is C36H41F4N5O7S. The van der Waals surface area contributed by atoms with E-state index in [2.05, 4.69) is 15.4 Å². The van der Waals surface area contributed by atoms with Gasteiger partial charge in [0.05, 0.1) is 23.9 Å². The molecule has 2 aliphatic heterocycles. The summed E-state index contributed by atoms with van der Waals surface area (Å²) < 4.78 is 88.2. The molecule has 286 valence electrons. The highest BCUT2D eigenvalue weighted by atomic mass is 32.2. The Morgan fingerprint density at radius 2 is 1.74 bits per heavy atom. The summed E-state index contributed by atoms with van der Waals surface area (Å²) in [5.74, 6) is -2.93. The van der Waals surface area contributed by atoms with Crippen LogP contribution in [0, 0.1) is 11.2 Å².